The Balaban J connectivity index is 1.71. The van der Waals surface area contributed by atoms with E-state index in [9.17, 15) is 12.8 Å². The van der Waals surface area contributed by atoms with Crippen LogP contribution in [0.1, 0.15) is 6.42 Å². The smallest absolute Gasteiger partial charge is 0.232 e. The van der Waals surface area contributed by atoms with Crippen molar-refractivity contribution in [3.05, 3.63) is 54.5 Å². The van der Waals surface area contributed by atoms with E-state index in [2.05, 4.69) is 24.7 Å². The molecule has 0 radical (unpaired) electrons. The number of nitrogen functional groups attached to an aromatic ring is 2. The largest absolute Gasteiger partial charge is 0.384 e. The number of aromatic nitrogens is 4. The van der Waals surface area contributed by atoms with Crippen molar-refractivity contribution in [2.75, 3.05) is 28.6 Å². The molecule has 4 rings (SSSR count). The summed E-state index contributed by atoms with van der Waals surface area (Å²) in [6.07, 6.45) is 1.34. The molecule has 3 heterocycles. The summed E-state index contributed by atoms with van der Waals surface area (Å²) in [5, 5.41) is 0. The lowest BCUT2D eigenvalue weighted by atomic mass is 10.1. The van der Waals surface area contributed by atoms with E-state index in [0.717, 1.165) is 0 Å². The summed E-state index contributed by atoms with van der Waals surface area (Å²) >= 11 is 0. The lowest BCUT2D eigenvalue weighted by molar-refractivity contribution is 0.484. The summed E-state index contributed by atoms with van der Waals surface area (Å²) in [5.41, 5.74) is 13.0. The standard InChI is InChI=1S/C21H19F2N7O2S/c22-9-2-10-33(31,32)30-15-4-1-3-13(18(15)23)14-6-7-16-19(27-14)20(25)29-21(28-16)12-5-8-17(24)26-11-12/h1,3-8,11,30H,2,9-10H2,(H2,24,26)(H2,25,28,29). The van der Waals surface area contributed by atoms with E-state index >= 15 is 4.39 Å². The van der Waals surface area contributed by atoms with Crippen LogP contribution in [0.3, 0.4) is 0 Å². The van der Waals surface area contributed by atoms with Crippen LogP contribution >= 0.6 is 0 Å². The van der Waals surface area contributed by atoms with Crippen molar-refractivity contribution in [3.8, 4) is 22.6 Å². The van der Waals surface area contributed by atoms with Crippen LogP contribution < -0.4 is 16.2 Å². The maximum Gasteiger partial charge on any atom is 0.232 e. The molecular formula is C21H19F2N7O2S. The third kappa shape index (κ3) is 4.80. The van der Waals surface area contributed by atoms with Crippen molar-refractivity contribution in [2.45, 2.75) is 6.42 Å². The molecule has 12 heteroatoms. The Kier molecular flexibility index (Phi) is 6.01. The Labute approximate surface area is 188 Å². The zero-order valence-electron chi connectivity index (χ0n) is 17.2. The number of nitrogens with one attached hydrogen (secondary N) is 1. The van der Waals surface area contributed by atoms with Gasteiger partial charge in [-0.2, -0.15) is 0 Å². The van der Waals surface area contributed by atoms with Crippen LogP contribution in [0.4, 0.5) is 26.1 Å². The first-order chi connectivity index (χ1) is 15.8. The van der Waals surface area contributed by atoms with Crippen molar-refractivity contribution in [1.29, 1.82) is 0 Å². The van der Waals surface area contributed by atoms with Gasteiger partial charge in [0, 0.05) is 17.3 Å². The van der Waals surface area contributed by atoms with Gasteiger partial charge in [-0.05, 0) is 42.8 Å². The molecular weight excluding hydrogens is 452 g/mol. The van der Waals surface area contributed by atoms with E-state index in [1.807, 2.05) is 0 Å². The highest BCUT2D eigenvalue weighted by Crippen LogP contribution is 2.30. The molecule has 4 aromatic rings. The molecule has 0 unspecified atom stereocenters. The highest BCUT2D eigenvalue weighted by molar-refractivity contribution is 7.92. The summed E-state index contributed by atoms with van der Waals surface area (Å²) in [5.74, 6) is -0.513. The SMILES string of the molecule is Nc1ccc(-c2nc(N)c3nc(-c4cccc(NS(=O)(=O)CCCF)c4F)ccc3n2)cn1. The van der Waals surface area contributed by atoms with Gasteiger partial charge in [-0.15, -0.1) is 0 Å². The molecule has 9 nitrogen and oxygen atoms in total. The first-order valence-corrected chi connectivity index (χ1v) is 11.4. The molecule has 0 aliphatic rings. The number of pyridine rings is 2. The van der Waals surface area contributed by atoms with Gasteiger partial charge in [0.05, 0.1) is 29.3 Å². The molecule has 3 aromatic heterocycles. The molecule has 0 aliphatic carbocycles. The fraction of sp³-hybridized carbons (Fsp3) is 0.143. The molecule has 170 valence electrons. The Hall–Kier alpha value is -3.93. The van der Waals surface area contributed by atoms with Gasteiger partial charge in [-0.1, -0.05) is 6.07 Å². The fourth-order valence-corrected chi connectivity index (χ4v) is 4.21. The highest BCUT2D eigenvalue weighted by Gasteiger charge is 2.18. The van der Waals surface area contributed by atoms with Gasteiger partial charge in [0.25, 0.3) is 0 Å². The van der Waals surface area contributed by atoms with E-state index in [0.29, 0.717) is 22.7 Å². The van der Waals surface area contributed by atoms with Crippen molar-refractivity contribution in [1.82, 2.24) is 19.9 Å². The number of nitrogens with zero attached hydrogens (tertiary/aromatic N) is 4. The van der Waals surface area contributed by atoms with E-state index < -0.39 is 28.3 Å². The summed E-state index contributed by atoms with van der Waals surface area (Å²) < 4.78 is 53.7. The molecule has 0 aliphatic heterocycles. The number of hydrogen-bond donors (Lipinski definition) is 3. The summed E-state index contributed by atoms with van der Waals surface area (Å²) in [7, 11) is -3.90. The number of fused-ring (bicyclic) bond motifs is 1. The first kappa shape index (κ1) is 22.3. The third-order valence-corrected chi connectivity index (χ3v) is 6.06. The van der Waals surface area contributed by atoms with Gasteiger partial charge in [0.2, 0.25) is 10.0 Å². The van der Waals surface area contributed by atoms with E-state index in [-0.39, 0.29) is 34.7 Å². The normalized spacial score (nSPS) is 11.6. The summed E-state index contributed by atoms with van der Waals surface area (Å²) in [6, 6.07) is 10.7. The average Bonchev–Trinajstić information content (AvgIpc) is 2.79. The maximum atomic E-state index is 15.1. The van der Waals surface area contributed by atoms with Crippen molar-refractivity contribution < 1.29 is 17.2 Å². The minimum atomic E-state index is -3.90. The van der Waals surface area contributed by atoms with Crippen LogP contribution in [-0.2, 0) is 10.0 Å². The first-order valence-electron chi connectivity index (χ1n) is 9.79. The van der Waals surface area contributed by atoms with Gasteiger partial charge in [-0.3, -0.25) is 9.11 Å². The number of sulfonamides is 1. The van der Waals surface area contributed by atoms with Crippen LogP contribution in [0.15, 0.2) is 48.7 Å². The number of anilines is 3. The Morgan fingerprint density at radius 2 is 1.82 bits per heavy atom. The quantitative estimate of drug-likeness (QED) is 0.372. The number of benzene rings is 1. The second-order valence-corrected chi connectivity index (χ2v) is 8.94. The zero-order chi connectivity index (χ0) is 23.6. The number of alkyl halides is 1. The van der Waals surface area contributed by atoms with Crippen molar-refractivity contribution in [3.63, 3.8) is 0 Å². The minimum Gasteiger partial charge on any atom is -0.384 e. The predicted octanol–water partition coefficient (Wildman–Crippen LogP) is 3.16. The van der Waals surface area contributed by atoms with Crippen molar-refractivity contribution >= 4 is 38.4 Å². The second kappa shape index (κ2) is 8.90. The van der Waals surface area contributed by atoms with E-state index in [1.54, 1.807) is 24.3 Å². The maximum absolute atomic E-state index is 15.1. The number of hydrogen-bond acceptors (Lipinski definition) is 8. The van der Waals surface area contributed by atoms with Crippen LogP contribution in [0.5, 0.6) is 0 Å². The van der Waals surface area contributed by atoms with E-state index in [4.69, 9.17) is 11.5 Å². The topological polar surface area (TPSA) is 150 Å². The molecule has 0 saturated carbocycles. The molecule has 0 saturated heterocycles. The van der Waals surface area contributed by atoms with Gasteiger partial charge >= 0.3 is 0 Å². The summed E-state index contributed by atoms with van der Waals surface area (Å²) in [6.45, 7) is -0.787. The molecule has 1 aromatic carbocycles. The number of halogens is 2. The molecule has 33 heavy (non-hydrogen) atoms. The lowest BCUT2D eigenvalue weighted by Crippen LogP contribution is -2.18. The van der Waals surface area contributed by atoms with Crippen LogP contribution in [0, 0.1) is 5.82 Å². The molecule has 5 N–H and O–H groups in total. The molecule has 0 atom stereocenters. The summed E-state index contributed by atoms with van der Waals surface area (Å²) in [4.78, 5) is 17.1. The Morgan fingerprint density at radius 1 is 1.00 bits per heavy atom. The van der Waals surface area contributed by atoms with Crippen LogP contribution in [-0.4, -0.2) is 40.8 Å². The number of rotatable bonds is 7. The fourth-order valence-electron chi connectivity index (χ4n) is 3.13. The molecule has 0 fully saturated rings. The Morgan fingerprint density at radius 3 is 2.55 bits per heavy atom. The lowest BCUT2D eigenvalue weighted by Gasteiger charge is -2.12. The Bertz CT molecular complexity index is 1430. The van der Waals surface area contributed by atoms with Crippen LogP contribution in [0.25, 0.3) is 33.7 Å². The zero-order valence-corrected chi connectivity index (χ0v) is 18.0. The minimum absolute atomic E-state index is 0.0498. The highest BCUT2D eigenvalue weighted by atomic mass is 32.2. The molecule has 0 bridgehead atoms. The van der Waals surface area contributed by atoms with Gasteiger partial charge in [-0.25, -0.2) is 32.7 Å². The number of nitrogens with two attached hydrogens (primary N) is 2. The van der Waals surface area contributed by atoms with Gasteiger partial charge < -0.3 is 11.5 Å². The average molecular weight is 471 g/mol. The van der Waals surface area contributed by atoms with Gasteiger partial charge in [0.15, 0.2) is 17.5 Å². The van der Waals surface area contributed by atoms with Gasteiger partial charge in [0.1, 0.15) is 11.3 Å². The monoisotopic (exact) mass is 471 g/mol. The van der Waals surface area contributed by atoms with E-state index in [1.165, 1.54) is 24.4 Å². The van der Waals surface area contributed by atoms with Crippen molar-refractivity contribution in [2.24, 2.45) is 0 Å². The third-order valence-electron chi connectivity index (χ3n) is 4.70. The molecule has 0 spiro atoms. The van der Waals surface area contributed by atoms with Crippen LogP contribution in [0.2, 0.25) is 0 Å². The predicted molar refractivity (Wildman–Crippen MR) is 123 cm³/mol. The molecule has 0 amide bonds. The second-order valence-electron chi connectivity index (χ2n) is 7.10.